The number of anilines is 2. The summed E-state index contributed by atoms with van der Waals surface area (Å²) in [6.07, 6.45) is 1.63. The predicted molar refractivity (Wildman–Crippen MR) is 207 cm³/mol. The van der Waals surface area contributed by atoms with Gasteiger partial charge in [-0.15, -0.1) is 0 Å². The molecule has 1 unspecified atom stereocenters. The molecule has 0 bridgehead atoms. The number of carbonyl (C=O) groups excluding carboxylic acids is 5. The Kier molecular flexibility index (Phi) is 9.28. The van der Waals surface area contributed by atoms with E-state index in [2.05, 4.69) is 64.1 Å². The summed E-state index contributed by atoms with van der Waals surface area (Å²) >= 11 is 6.24. The summed E-state index contributed by atoms with van der Waals surface area (Å²) < 4.78 is 6.36. The van der Waals surface area contributed by atoms with E-state index in [0.717, 1.165) is 55.7 Å². The molecule has 14 nitrogen and oxygen atoms in total. The fourth-order valence-electron chi connectivity index (χ4n) is 9.39. The highest BCUT2D eigenvalue weighted by atomic mass is 35.5. The Hall–Kier alpha value is -5.52. The van der Waals surface area contributed by atoms with E-state index >= 15 is 0 Å². The highest BCUT2D eigenvalue weighted by Crippen LogP contribution is 2.55. The fourth-order valence-corrected chi connectivity index (χ4v) is 9.60. The normalized spacial score (nSPS) is 24.5. The van der Waals surface area contributed by atoms with Crippen molar-refractivity contribution in [2.75, 3.05) is 49.1 Å². The number of ether oxygens (including phenoxy) is 1. The number of imide groups is 2. The lowest BCUT2D eigenvalue weighted by atomic mass is 9.49. The molecule has 0 radical (unpaired) electrons. The molecule has 1 aliphatic carbocycles. The van der Waals surface area contributed by atoms with Gasteiger partial charge in [0.25, 0.3) is 17.7 Å². The number of hydrogen-bond donors (Lipinski definition) is 2. The zero-order chi connectivity index (χ0) is 39.7. The molecule has 1 saturated carbocycles. The summed E-state index contributed by atoms with van der Waals surface area (Å²) in [6.45, 7) is 13.1. The number of amides is 5. The number of piperazine rings is 1. The second-order valence-corrected chi connectivity index (χ2v) is 16.9. The van der Waals surface area contributed by atoms with Crippen molar-refractivity contribution in [2.45, 2.75) is 64.8 Å². The zero-order valence-electron chi connectivity index (χ0n) is 31.7. The van der Waals surface area contributed by atoms with Crippen LogP contribution in [0.25, 0.3) is 0 Å². The van der Waals surface area contributed by atoms with Crippen molar-refractivity contribution >= 4 is 52.6 Å². The molecule has 8 rings (SSSR count). The maximum atomic E-state index is 13.4. The van der Waals surface area contributed by atoms with Crippen molar-refractivity contribution in [3.8, 4) is 11.8 Å². The molecule has 1 atom stereocenters. The average molecular weight is 779 g/mol. The van der Waals surface area contributed by atoms with Gasteiger partial charge in [-0.2, -0.15) is 5.26 Å². The molecule has 2 aromatic carbocycles. The minimum Gasteiger partial charge on any atom is -0.489 e. The Morgan fingerprint density at radius 3 is 2.29 bits per heavy atom. The number of aromatic nitrogens is 1. The van der Waals surface area contributed by atoms with Gasteiger partial charge in [0.2, 0.25) is 11.8 Å². The molecule has 4 aliphatic heterocycles. The van der Waals surface area contributed by atoms with Gasteiger partial charge in [-0.25, -0.2) is 4.98 Å². The third-order valence-electron chi connectivity index (χ3n) is 12.2. The van der Waals surface area contributed by atoms with Gasteiger partial charge in [0, 0.05) is 86.6 Å². The molecule has 5 amide bonds. The van der Waals surface area contributed by atoms with Crippen LogP contribution in [0.15, 0.2) is 54.7 Å². The number of halogens is 1. The lowest BCUT2D eigenvalue weighted by Gasteiger charge is -2.63. The van der Waals surface area contributed by atoms with Crippen molar-refractivity contribution < 1.29 is 28.7 Å². The van der Waals surface area contributed by atoms with Crippen LogP contribution in [-0.2, 0) is 9.59 Å². The average Bonchev–Trinajstić information content (AvgIpc) is 3.40. The second kappa shape index (κ2) is 13.9. The zero-order valence-corrected chi connectivity index (χ0v) is 32.4. The maximum absolute atomic E-state index is 13.4. The number of benzene rings is 2. The molecule has 56 heavy (non-hydrogen) atoms. The molecule has 5 aliphatic rings. The highest BCUT2D eigenvalue weighted by molar-refractivity contribution is 6.31. The van der Waals surface area contributed by atoms with E-state index in [0.29, 0.717) is 27.9 Å². The minimum absolute atomic E-state index is 0.0806. The molecule has 1 aromatic heterocycles. The Bertz CT molecular complexity index is 2170. The van der Waals surface area contributed by atoms with Crippen molar-refractivity contribution in [1.29, 1.82) is 5.26 Å². The lowest BCUT2D eigenvalue weighted by molar-refractivity contribution is -0.164. The number of fused-ring (bicyclic) bond motifs is 1. The molecule has 15 heteroatoms. The number of nitriles is 1. The quantitative estimate of drug-likeness (QED) is 0.321. The number of carbonyl (C=O) groups is 5. The summed E-state index contributed by atoms with van der Waals surface area (Å²) in [5, 5.41) is 15.0. The third kappa shape index (κ3) is 6.32. The molecular formula is C41H43ClN8O6. The van der Waals surface area contributed by atoms with Crippen LogP contribution >= 0.6 is 11.6 Å². The second-order valence-electron chi connectivity index (χ2n) is 16.5. The van der Waals surface area contributed by atoms with Crippen LogP contribution in [0.2, 0.25) is 5.02 Å². The summed E-state index contributed by atoms with van der Waals surface area (Å²) in [5.41, 5.74) is 1.52. The monoisotopic (exact) mass is 778 g/mol. The minimum atomic E-state index is -0.986. The van der Waals surface area contributed by atoms with E-state index in [4.69, 9.17) is 16.3 Å². The molecule has 3 aromatic rings. The highest BCUT2D eigenvalue weighted by Gasteiger charge is 2.64. The molecule has 5 heterocycles. The summed E-state index contributed by atoms with van der Waals surface area (Å²) in [5.74, 6) is -0.829. The van der Waals surface area contributed by atoms with E-state index < -0.39 is 29.7 Å². The van der Waals surface area contributed by atoms with Gasteiger partial charge >= 0.3 is 0 Å². The first-order valence-corrected chi connectivity index (χ1v) is 19.3. The number of hydrogen-bond acceptors (Lipinski definition) is 11. The van der Waals surface area contributed by atoms with E-state index in [-0.39, 0.29) is 52.9 Å². The summed E-state index contributed by atoms with van der Waals surface area (Å²) in [7, 11) is 0. The topological polar surface area (TPSA) is 168 Å². The third-order valence-corrected chi connectivity index (χ3v) is 12.6. The summed E-state index contributed by atoms with van der Waals surface area (Å²) in [6, 6.07) is 15.2. The molecular weight excluding hydrogens is 736 g/mol. The van der Waals surface area contributed by atoms with Crippen LogP contribution in [0.5, 0.6) is 5.75 Å². The Labute approximate surface area is 329 Å². The van der Waals surface area contributed by atoms with Crippen LogP contribution in [0.3, 0.4) is 0 Å². The van der Waals surface area contributed by atoms with Crippen LogP contribution in [0.4, 0.5) is 11.5 Å². The van der Waals surface area contributed by atoms with Gasteiger partial charge < -0.3 is 19.9 Å². The van der Waals surface area contributed by atoms with E-state index in [1.165, 1.54) is 0 Å². The first kappa shape index (κ1) is 37.4. The first-order chi connectivity index (χ1) is 26.7. The van der Waals surface area contributed by atoms with Gasteiger partial charge in [-0.05, 0) is 48.9 Å². The van der Waals surface area contributed by atoms with Crippen LogP contribution in [-0.4, -0.2) is 108 Å². The number of piperidine rings is 1. The maximum Gasteiger partial charge on any atom is 0.262 e. The predicted octanol–water partition coefficient (Wildman–Crippen LogP) is 3.63. The van der Waals surface area contributed by atoms with E-state index in [1.54, 1.807) is 36.5 Å². The molecule has 4 fully saturated rings. The van der Waals surface area contributed by atoms with Crippen LogP contribution < -0.4 is 25.2 Å². The van der Waals surface area contributed by atoms with Crippen molar-refractivity contribution in [3.05, 3.63) is 82.0 Å². The van der Waals surface area contributed by atoms with Gasteiger partial charge in [0.15, 0.2) is 0 Å². The van der Waals surface area contributed by atoms with Gasteiger partial charge in [-0.1, -0.05) is 39.3 Å². The van der Waals surface area contributed by atoms with Gasteiger partial charge in [-0.3, -0.25) is 39.1 Å². The molecule has 0 spiro atoms. The number of nitrogens with one attached hydrogen (secondary N) is 2. The Morgan fingerprint density at radius 1 is 0.929 bits per heavy atom. The van der Waals surface area contributed by atoms with Crippen molar-refractivity contribution in [1.82, 2.24) is 25.4 Å². The fraction of sp³-hybridized carbons (Fsp3) is 0.439. The number of pyridine rings is 1. The lowest BCUT2D eigenvalue weighted by Crippen LogP contribution is -2.74. The number of rotatable bonds is 8. The largest absolute Gasteiger partial charge is 0.489 e. The Balaban J connectivity index is 0.817. The van der Waals surface area contributed by atoms with Crippen molar-refractivity contribution in [3.63, 3.8) is 0 Å². The molecule has 3 saturated heterocycles. The van der Waals surface area contributed by atoms with E-state index in [9.17, 15) is 29.2 Å². The SMILES string of the molecule is CC1(C)C(NC(=O)c2ccc(N3CCN(C4CN(c5ccc6c(c5)C(=O)N(C5CCC(=O)NC5=O)C6=O)C4)CC3)nc2)C(C)(C)C1Oc1ccc(C#N)c(Cl)c1. The Morgan fingerprint density at radius 2 is 1.64 bits per heavy atom. The number of nitrogens with zero attached hydrogens (tertiary/aromatic N) is 6. The standard InChI is InChI=1S/C41H43ClN8O6/c1-40(2)38(41(3,4)39(40)56-27-8-5-23(19-43)30(42)18-27)46-34(52)24-6-11-32(44-20-24)48-15-13-47(14-16-48)26-21-49(22-26)25-7-9-28-29(17-25)37(55)50(36(28)54)31-10-12-33(51)45-35(31)53/h5-9,11,17-18,20,26,31,38-39H,10,12-16,21-22H2,1-4H3,(H,46,52)(H,45,51,53). The van der Waals surface area contributed by atoms with Crippen molar-refractivity contribution in [2.24, 2.45) is 10.8 Å². The van der Waals surface area contributed by atoms with Gasteiger partial charge in [0.05, 0.1) is 27.3 Å². The first-order valence-electron chi connectivity index (χ1n) is 18.9. The smallest absolute Gasteiger partial charge is 0.262 e. The molecule has 290 valence electrons. The van der Waals surface area contributed by atoms with Crippen LogP contribution in [0.1, 0.15) is 77.2 Å². The van der Waals surface area contributed by atoms with E-state index in [1.807, 2.05) is 18.2 Å². The van der Waals surface area contributed by atoms with Gasteiger partial charge in [0.1, 0.15) is 29.8 Å². The molecule has 2 N–H and O–H groups in total. The van der Waals surface area contributed by atoms with Crippen LogP contribution in [0, 0.1) is 22.2 Å². The summed E-state index contributed by atoms with van der Waals surface area (Å²) in [4.78, 5) is 76.3.